The normalized spacial score (nSPS) is 9.95. The molecule has 4 heterocycles. The monoisotopic (exact) mass is 580 g/mol. The van der Waals surface area contributed by atoms with Crippen LogP contribution in [0.15, 0.2) is 97.6 Å². The molecule has 4 aromatic rings. The Morgan fingerprint density at radius 1 is 0.622 bits per heavy atom. The zero-order valence-corrected chi connectivity index (χ0v) is 20.2. The molecular formula is C22H16CoF3N4O6S. The number of carboxylic acid groups (broad SMARTS) is 2. The van der Waals surface area contributed by atoms with Gasteiger partial charge in [0.05, 0.1) is 22.8 Å². The minimum absolute atomic E-state index is 0. The summed E-state index contributed by atoms with van der Waals surface area (Å²) in [4.78, 5) is 25.1. The first-order valence-corrected chi connectivity index (χ1v) is 10.9. The van der Waals surface area contributed by atoms with Crippen molar-refractivity contribution in [2.45, 2.75) is 5.51 Å². The van der Waals surface area contributed by atoms with Gasteiger partial charge in [0, 0.05) is 24.8 Å². The van der Waals surface area contributed by atoms with Crippen molar-refractivity contribution in [3.8, 4) is 22.8 Å². The van der Waals surface area contributed by atoms with E-state index in [9.17, 15) is 13.2 Å². The summed E-state index contributed by atoms with van der Waals surface area (Å²) in [6.07, 6.45) is 4.74. The molecule has 0 aliphatic heterocycles. The molecule has 0 N–H and O–H groups in total. The zero-order valence-electron chi connectivity index (χ0n) is 18.4. The van der Waals surface area contributed by atoms with E-state index in [1.165, 1.54) is 0 Å². The molecule has 0 unspecified atom stereocenters. The van der Waals surface area contributed by atoms with Crippen molar-refractivity contribution in [3.05, 3.63) is 97.6 Å². The molecule has 0 aliphatic rings. The number of hydrogen-bond acceptors (Lipinski definition) is 10. The van der Waals surface area contributed by atoms with Crippen LogP contribution in [0.25, 0.3) is 22.8 Å². The second-order valence-electron chi connectivity index (χ2n) is 6.01. The van der Waals surface area contributed by atoms with Gasteiger partial charge in [-0.25, -0.2) is 8.42 Å². The first-order chi connectivity index (χ1) is 16.9. The van der Waals surface area contributed by atoms with Gasteiger partial charge in [0.1, 0.15) is 0 Å². The average molecular weight is 580 g/mol. The fraction of sp³-hybridized carbons (Fsp3) is 0.0455. The molecule has 0 fully saturated rings. The van der Waals surface area contributed by atoms with E-state index in [1.807, 2.05) is 72.8 Å². The van der Waals surface area contributed by atoms with Crippen LogP contribution in [-0.4, -0.2) is 44.6 Å². The van der Waals surface area contributed by atoms with Gasteiger partial charge in [0.2, 0.25) is 0 Å². The maximum absolute atomic E-state index is 10.7. The molecule has 0 bridgehead atoms. The van der Waals surface area contributed by atoms with E-state index in [0.29, 0.717) is 0 Å². The molecule has 10 nitrogen and oxygen atoms in total. The summed E-state index contributed by atoms with van der Waals surface area (Å²) < 4.78 is 58.9. The van der Waals surface area contributed by atoms with Crippen molar-refractivity contribution in [1.82, 2.24) is 19.9 Å². The molecule has 4 aromatic heterocycles. The van der Waals surface area contributed by atoms with E-state index in [4.69, 9.17) is 28.0 Å². The number of carbonyl (C=O) groups is 1. The van der Waals surface area contributed by atoms with Crippen molar-refractivity contribution in [1.29, 1.82) is 0 Å². The molecule has 0 spiro atoms. The van der Waals surface area contributed by atoms with E-state index in [2.05, 4.69) is 19.9 Å². The third-order valence-electron chi connectivity index (χ3n) is 3.47. The Bertz CT molecular complexity index is 1120. The third kappa shape index (κ3) is 14.3. The topological polar surface area (TPSA) is 172 Å². The molecule has 0 radical (unpaired) electrons. The summed E-state index contributed by atoms with van der Waals surface area (Å²) in [5, 5.41) is 16.7. The summed E-state index contributed by atoms with van der Waals surface area (Å²) in [5.41, 5.74) is -1.99. The molecule has 15 heteroatoms. The van der Waals surface area contributed by atoms with E-state index >= 15 is 0 Å². The summed E-state index contributed by atoms with van der Waals surface area (Å²) in [5.74, 6) is 0. The van der Waals surface area contributed by atoms with Crippen LogP contribution in [-0.2, 0) is 26.9 Å². The van der Waals surface area contributed by atoms with Crippen LogP contribution in [0.1, 0.15) is 0 Å². The fourth-order valence-electron chi connectivity index (χ4n) is 2.06. The van der Waals surface area contributed by atoms with Gasteiger partial charge in [-0.1, -0.05) is 24.3 Å². The third-order valence-corrected chi connectivity index (χ3v) is 4.03. The number of halogens is 3. The molecule has 0 atom stereocenters. The van der Waals surface area contributed by atoms with Gasteiger partial charge in [-0.3, -0.25) is 19.9 Å². The Balaban J connectivity index is 0.000000494. The van der Waals surface area contributed by atoms with Gasteiger partial charge in [-0.2, -0.15) is 13.2 Å². The molecular weight excluding hydrogens is 564 g/mol. The van der Waals surface area contributed by atoms with Crippen molar-refractivity contribution >= 4 is 16.3 Å². The minimum Gasteiger partial charge on any atom is -0.741 e. The number of carbonyl (C=O) groups excluding carboxylic acids is 1. The summed E-state index contributed by atoms with van der Waals surface area (Å²) in [6, 6.07) is 23.2. The van der Waals surface area contributed by atoms with Gasteiger partial charge >= 0.3 is 22.3 Å². The van der Waals surface area contributed by atoms with Gasteiger partial charge in [0.15, 0.2) is 10.1 Å². The molecule has 0 saturated carbocycles. The smallest absolute Gasteiger partial charge is 0.741 e. The van der Waals surface area contributed by atoms with E-state index in [1.54, 1.807) is 24.8 Å². The van der Waals surface area contributed by atoms with Gasteiger partial charge in [-0.05, 0) is 54.7 Å². The van der Waals surface area contributed by atoms with Crippen LogP contribution in [0.4, 0.5) is 18.0 Å². The number of nitrogens with zero attached hydrogens (tertiary/aromatic N) is 4. The van der Waals surface area contributed by atoms with E-state index in [-0.39, 0.29) is 16.8 Å². The van der Waals surface area contributed by atoms with Crippen LogP contribution in [0.2, 0.25) is 0 Å². The van der Waals surface area contributed by atoms with Crippen LogP contribution in [0, 0.1) is 0 Å². The SMILES string of the molecule is O=C([O-])[O-].O=S(=O)([O-])C(F)(F)F.[Co+3].c1ccc(-c2ccccn2)nc1.c1ccc(-c2ccccn2)nc1. The molecule has 0 saturated heterocycles. The molecule has 196 valence electrons. The Hall–Kier alpha value is -3.92. The van der Waals surface area contributed by atoms with Gasteiger partial charge in [-0.15, -0.1) is 0 Å². The predicted molar refractivity (Wildman–Crippen MR) is 116 cm³/mol. The molecule has 4 rings (SSSR count). The standard InChI is InChI=1S/2C10H8N2.CHF3O3S.CH2O3.Co/c2*1-3-7-11-9(5-1)10-6-2-4-8-12-10;2-1(3,4)8(5,6)7;2-1(3)4;/h2*1-8H;(H,5,6,7);(H2,2,3,4);/q;;;;+3/p-3. The quantitative estimate of drug-likeness (QED) is 0.252. The van der Waals surface area contributed by atoms with Crippen LogP contribution in [0.3, 0.4) is 0 Å². The maximum Gasteiger partial charge on any atom is 3.00 e. The Labute approximate surface area is 219 Å². The Morgan fingerprint density at radius 3 is 0.919 bits per heavy atom. The van der Waals surface area contributed by atoms with Crippen molar-refractivity contribution in [2.75, 3.05) is 0 Å². The van der Waals surface area contributed by atoms with E-state index in [0.717, 1.165) is 22.8 Å². The number of aromatic nitrogens is 4. The molecule has 0 aliphatic carbocycles. The first kappa shape index (κ1) is 33.1. The summed E-state index contributed by atoms with van der Waals surface area (Å²) in [6.45, 7) is 0. The maximum atomic E-state index is 10.7. The molecule has 37 heavy (non-hydrogen) atoms. The average Bonchev–Trinajstić information content (AvgIpc) is 2.86. The molecule has 0 aromatic carbocycles. The largest absolute Gasteiger partial charge is 3.00 e. The summed E-state index contributed by atoms with van der Waals surface area (Å²) in [7, 11) is -6.09. The number of hydrogen-bond donors (Lipinski definition) is 0. The van der Waals surface area contributed by atoms with Crippen LogP contribution >= 0.6 is 0 Å². The van der Waals surface area contributed by atoms with Crippen LogP contribution in [0.5, 0.6) is 0 Å². The molecule has 0 amide bonds. The van der Waals surface area contributed by atoms with Crippen molar-refractivity contribution in [3.63, 3.8) is 0 Å². The number of rotatable bonds is 2. The number of alkyl halides is 3. The second-order valence-corrected chi connectivity index (χ2v) is 7.38. The number of pyridine rings is 4. The fourth-order valence-corrected chi connectivity index (χ4v) is 2.06. The van der Waals surface area contributed by atoms with Gasteiger partial charge in [0.25, 0.3) is 0 Å². The zero-order chi connectivity index (χ0) is 27.0. The minimum atomic E-state index is -6.09. The second kappa shape index (κ2) is 16.7. The first-order valence-electron chi connectivity index (χ1n) is 9.47. The van der Waals surface area contributed by atoms with Crippen molar-refractivity contribution < 1.29 is 57.9 Å². The van der Waals surface area contributed by atoms with Gasteiger partial charge < -0.3 is 19.6 Å². The van der Waals surface area contributed by atoms with Crippen molar-refractivity contribution in [2.24, 2.45) is 0 Å². The predicted octanol–water partition coefficient (Wildman–Crippen LogP) is 1.89. The van der Waals surface area contributed by atoms with E-state index < -0.39 is 21.8 Å². The Morgan fingerprint density at radius 2 is 0.811 bits per heavy atom. The Kier molecular flexibility index (Phi) is 14.9. The van der Waals surface area contributed by atoms with Crippen LogP contribution < -0.4 is 10.2 Å². The summed E-state index contributed by atoms with van der Waals surface area (Å²) >= 11 is 0.